The molecule has 14 heavy (non-hydrogen) atoms. The number of alkyl halides is 1. The summed E-state index contributed by atoms with van der Waals surface area (Å²) in [6.45, 7) is 8.05. The van der Waals surface area contributed by atoms with Crippen molar-refractivity contribution < 1.29 is 0 Å². The minimum absolute atomic E-state index is 0.762. The van der Waals surface area contributed by atoms with Gasteiger partial charge in [-0.3, -0.25) is 0 Å². The molecule has 0 heterocycles. The van der Waals surface area contributed by atoms with Gasteiger partial charge in [-0.05, 0) is 45.2 Å². The molecule has 0 spiro atoms. The minimum atomic E-state index is 0.762. The average Bonchev–Trinajstić information content (AvgIpc) is 2.17. The molecule has 0 aliphatic rings. The van der Waals surface area contributed by atoms with Crippen LogP contribution in [0.15, 0.2) is 0 Å². The Kier molecular flexibility index (Phi) is 8.70. The SMILES string of the molecule is CCC(CC)N(C)CCC(C)CCCl. The molecular formula is C12H26ClN. The van der Waals surface area contributed by atoms with Crippen LogP contribution in [0.2, 0.25) is 0 Å². The Morgan fingerprint density at radius 3 is 2.14 bits per heavy atom. The second-order valence-corrected chi connectivity index (χ2v) is 4.70. The van der Waals surface area contributed by atoms with Crippen LogP contribution < -0.4 is 0 Å². The smallest absolute Gasteiger partial charge is 0.0225 e. The first-order chi connectivity index (χ1) is 6.65. The second-order valence-electron chi connectivity index (χ2n) is 4.32. The van der Waals surface area contributed by atoms with Crippen LogP contribution in [-0.2, 0) is 0 Å². The minimum Gasteiger partial charge on any atom is -0.303 e. The zero-order valence-electron chi connectivity index (χ0n) is 10.2. The predicted octanol–water partition coefficient (Wildman–Crippen LogP) is 3.76. The van der Waals surface area contributed by atoms with E-state index in [1.807, 2.05) is 0 Å². The van der Waals surface area contributed by atoms with Gasteiger partial charge in [0.05, 0.1) is 0 Å². The molecule has 0 radical (unpaired) electrons. The Morgan fingerprint density at radius 2 is 1.71 bits per heavy atom. The Hall–Kier alpha value is 0.250. The van der Waals surface area contributed by atoms with Crippen LogP contribution in [0.4, 0.5) is 0 Å². The number of halogens is 1. The average molecular weight is 220 g/mol. The van der Waals surface area contributed by atoms with E-state index in [4.69, 9.17) is 11.6 Å². The quantitative estimate of drug-likeness (QED) is 0.562. The maximum Gasteiger partial charge on any atom is 0.0225 e. The fourth-order valence-electron chi connectivity index (χ4n) is 1.85. The second kappa shape index (κ2) is 8.55. The van der Waals surface area contributed by atoms with Crippen molar-refractivity contribution in [3.8, 4) is 0 Å². The molecule has 0 saturated heterocycles. The third-order valence-electron chi connectivity index (χ3n) is 3.14. The summed E-state index contributed by atoms with van der Waals surface area (Å²) in [5.41, 5.74) is 0. The van der Waals surface area contributed by atoms with Gasteiger partial charge in [-0.15, -0.1) is 11.6 Å². The highest BCUT2D eigenvalue weighted by molar-refractivity contribution is 6.17. The molecule has 0 aromatic carbocycles. The summed E-state index contributed by atoms with van der Waals surface area (Å²) in [7, 11) is 2.24. The summed E-state index contributed by atoms with van der Waals surface area (Å²) in [6.07, 6.45) is 4.95. The number of hydrogen-bond donors (Lipinski definition) is 0. The van der Waals surface area contributed by atoms with Crippen LogP contribution in [-0.4, -0.2) is 30.4 Å². The summed E-state index contributed by atoms with van der Waals surface area (Å²) in [5, 5.41) is 0. The molecule has 1 atom stereocenters. The molecule has 2 heteroatoms. The summed E-state index contributed by atoms with van der Waals surface area (Å²) >= 11 is 5.72. The van der Waals surface area contributed by atoms with Crippen LogP contribution in [0.3, 0.4) is 0 Å². The Labute approximate surface area is 94.8 Å². The number of rotatable bonds is 8. The fourth-order valence-corrected chi connectivity index (χ4v) is 2.22. The Bertz CT molecular complexity index is 123. The first-order valence-corrected chi connectivity index (χ1v) is 6.45. The lowest BCUT2D eigenvalue weighted by atomic mass is 10.0. The van der Waals surface area contributed by atoms with Crippen LogP contribution in [0.1, 0.15) is 46.5 Å². The third-order valence-corrected chi connectivity index (χ3v) is 3.36. The number of hydrogen-bond acceptors (Lipinski definition) is 1. The molecule has 0 aromatic rings. The molecule has 0 aliphatic carbocycles. The Morgan fingerprint density at radius 1 is 1.14 bits per heavy atom. The first-order valence-electron chi connectivity index (χ1n) is 5.91. The lowest BCUT2D eigenvalue weighted by Crippen LogP contribution is -2.32. The van der Waals surface area contributed by atoms with Crippen molar-refractivity contribution in [1.29, 1.82) is 0 Å². The van der Waals surface area contributed by atoms with Crippen molar-refractivity contribution in [2.75, 3.05) is 19.5 Å². The molecule has 0 saturated carbocycles. The van der Waals surface area contributed by atoms with Crippen LogP contribution in [0, 0.1) is 5.92 Å². The highest BCUT2D eigenvalue weighted by Gasteiger charge is 2.11. The molecule has 0 rings (SSSR count). The maximum absolute atomic E-state index is 5.72. The molecule has 86 valence electrons. The van der Waals surface area contributed by atoms with Gasteiger partial charge in [-0.1, -0.05) is 20.8 Å². The van der Waals surface area contributed by atoms with Gasteiger partial charge in [0.2, 0.25) is 0 Å². The van der Waals surface area contributed by atoms with Gasteiger partial charge in [0.1, 0.15) is 0 Å². The molecule has 0 bridgehead atoms. The van der Waals surface area contributed by atoms with Gasteiger partial charge in [0, 0.05) is 11.9 Å². The number of nitrogens with zero attached hydrogens (tertiary/aromatic N) is 1. The van der Waals surface area contributed by atoms with Gasteiger partial charge in [0.25, 0.3) is 0 Å². The van der Waals surface area contributed by atoms with Crippen molar-refractivity contribution in [2.24, 2.45) is 5.92 Å². The summed E-state index contributed by atoms with van der Waals surface area (Å²) in [5.74, 6) is 1.57. The van der Waals surface area contributed by atoms with Gasteiger partial charge in [-0.2, -0.15) is 0 Å². The summed E-state index contributed by atoms with van der Waals surface area (Å²) in [4.78, 5) is 2.49. The molecule has 0 N–H and O–H groups in total. The van der Waals surface area contributed by atoms with E-state index < -0.39 is 0 Å². The van der Waals surface area contributed by atoms with Crippen LogP contribution >= 0.6 is 11.6 Å². The molecule has 1 unspecified atom stereocenters. The predicted molar refractivity (Wildman–Crippen MR) is 66.1 cm³/mol. The van der Waals surface area contributed by atoms with Crippen molar-refractivity contribution >= 4 is 11.6 Å². The zero-order chi connectivity index (χ0) is 11.0. The lowest BCUT2D eigenvalue weighted by Gasteiger charge is -2.27. The van der Waals surface area contributed by atoms with Crippen LogP contribution in [0.25, 0.3) is 0 Å². The highest BCUT2D eigenvalue weighted by atomic mass is 35.5. The Balaban J connectivity index is 3.65. The summed E-state index contributed by atoms with van der Waals surface area (Å²) in [6, 6.07) is 0.762. The van der Waals surface area contributed by atoms with E-state index in [-0.39, 0.29) is 0 Å². The van der Waals surface area contributed by atoms with Gasteiger partial charge < -0.3 is 4.90 Å². The topological polar surface area (TPSA) is 3.24 Å². The van der Waals surface area contributed by atoms with E-state index in [1.165, 1.54) is 25.8 Å². The van der Waals surface area contributed by atoms with Gasteiger partial charge >= 0.3 is 0 Å². The molecule has 0 amide bonds. The molecular weight excluding hydrogens is 194 g/mol. The normalized spacial score (nSPS) is 13.9. The zero-order valence-corrected chi connectivity index (χ0v) is 11.0. The monoisotopic (exact) mass is 219 g/mol. The van der Waals surface area contributed by atoms with Crippen molar-refractivity contribution in [3.63, 3.8) is 0 Å². The van der Waals surface area contributed by atoms with E-state index in [9.17, 15) is 0 Å². The van der Waals surface area contributed by atoms with Gasteiger partial charge in [-0.25, -0.2) is 0 Å². The van der Waals surface area contributed by atoms with E-state index in [0.29, 0.717) is 0 Å². The molecule has 0 aromatic heterocycles. The molecule has 0 fully saturated rings. The van der Waals surface area contributed by atoms with E-state index in [1.54, 1.807) is 0 Å². The third kappa shape index (κ3) is 5.87. The van der Waals surface area contributed by atoms with E-state index in [0.717, 1.165) is 24.3 Å². The lowest BCUT2D eigenvalue weighted by molar-refractivity contribution is 0.215. The van der Waals surface area contributed by atoms with Crippen LogP contribution in [0.5, 0.6) is 0 Å². The van der Waals surface area contributed by atoms with Crippen molar-refractivity contribution in [2.45, 2.75) is 52.5 Å². The van der Waals surface area contributed by atoms with E-state index in [2.05, 4.69) is 32.7 Å². The van der Waals surface area contributed by atoms with E-state index >= 15 is 0 Å². The van der Waals surface area contributed by atoms with Crippen molar-refractivity contribution in [1.82, 2.24) is 4.90 Å². The molecule has 0 aliphatic heterocycles. The van der Waals surface area contributed by atoms with Crippen molar-refractivity contribution in [3.05, 3.63) is 0 Å². The maximum atomic E-state index is 5.72. The largest absolute Gasteiger partial charge is 0.303 e. The fraction of sp³-hybridized carbons (Fsp3) is 1.00. The highest BCUT2D eigenvalue weighted by Crippen LogP contribution is 2.12. The first kappa shape index (κ1) is 14.2. The molecule has 1 nitrogen and oxygen atoms in total. The summed E-state index contributed by atoms with van der Waals surface area (Å²) < 4.78 is 0. The standard InChI is InChI=1S/C12H26ClN/c1-5-12(6-2)14(4)10-8-11(3)7-9-13/h11-12H,5-10H2,1-4H3. The van der Waals surface area contributed by atoms with Gasteiger partial charge in [0.15, 0.2) is 0 Å².